The molecule has 0 fully saturated rings. The van der Waals surface area contributed by atoms with Gasteiger partial charge in [0, 0.05) is 29.3 Å². The highest BCUT2D eigenvalue weighted by molar-refractivity contribution is 6.03. The number of carbonyl (C=O) groups excluding carboxylic acids is 1. The second kappa shape index (κ2) is 7.06. The molecule has 1 aliphatic heterocycles. The van der Waals surface area contributed by atoms with Crippen molar-refractivity contribution >= 4 is 23.0 Å². The molecular weight excluding hydrogens is 344 g/mol. The fourth-order valence-corrected chi connectivity index (χ4v) is 2.60. The number of nitriles is 1. The number of nitrogens with zero attached hydrogens (tertiary/aromatic N) is 2. The number of hydrogen-bond donors (Lipinski definition) is 2. The molecule has 0 bridgehead atoms. The molecule has 0 saturated carbocycles. The maximum Gasteiger partial charge on any atom is 0.274 e. The third kappa shape index (κ3) is 3.65. The van der Waals surface area contributed by atoms with E-state index in [1.165, 1.54) is 0 Å². The number of hydrogen-bond acceptors (Lipinski definition) is 6. The summed E-state index contributed by atoms with van der Waals surface area (Å²) in [5, 5.41) is 14.8. The van der Waals surface area contributed by atoms with E-state index in [-0.39, 0.29) is 18.4 Å². The van der Waals surface area contributed by atoms with Gasteiger partial charge >= 0.3 is 0 Å². The standard InChI is InChI=1S/C20H14N4O3/c21-11-13-1-3-14(4-2-13)24-20(25)17-9-16(7-8-22-17)23-15-5-6-18-19(10-15)27-12-26-18/h1-10H,12H2,(H,22,23)(H,24,25). The van der Waals surface area contributed by atoms with Crippen molar-refractivity contribution in [3.8, 4) is 17.6 Å². The van der Waals surface area contributed by atoms with Gasteiger partial charge in [-0.2, -0.15) is 5.26 Å². The van der Waals surface area contributed by atoms with E-state index < -0.39 is 0 Å². The molecule has 2 heterocycles. The molecule has 4 rings (SSSR count). The highest BCUT2D eigenvalue weighted by Gasteiger charge is 2.14. The number of anilines is 3. The van der Waals surface area contributed by atoms with E-state index in [2.05, 4.69) is 15.6 Å². The van der Waals surface area contributed by atoms with Gasteiger partial charge in [0.1, 0.15) is 5.69 Å². The smallest absolute Gasteiger partial charge is 0.274 e. The lowest BCUT2D eigenvalue weighted by atomic mass is 10.2. The van der Waals surface area contributed by atoms with Gasteiger partial charge in [-0.25, -0.2) is 0 Å². The van der Waals surface area contributed by atoms with Crippen LogP contribution < -0.4 is 20.1 Å². The largest absolute Gasteiger partial charge is 0.454 e. The fraction of sp³-hybridized carbons (Fsp3) is 0.0500. The third-order valence-electron chi connectivity index (χ3n) is 3.93. The van der Waals surface area contributed by atoms with Crippen molar-refractivity contribution in [1.29, 1.82) is 5.26 Å². The maximum absolute atomic E-state index is 12.4. The molecule has 0 saturated heterocycles. The Hall–Kier alpha value is -4.05. The first-order chi connectivity index (χ1) is 13.2. The molecule has 0 aliphatic carbocycles. The molecule has 2 N–H and O–H groups in total. The highest BCUT2D eigenvalue weighted by atomic mass is 16.7. The van der Waals surface area contributed by atoms with Crippen molar-refractivity contribution in [2.45, 2.75) is 0 Å². The van der Waals surface area contributed by atoms with E-state index in [9.17, 15) is 4.79 Å². The summed E-state index contributed by atoms with van der Waals surface area (Å²) in [7, 11) is 0. The SMILES string of the molecule is N#Cc1ccc(NC(=O)c2cc(Nc3ccc4c(c3)OCO4)ccn2)cc1. The molecule has 0 unspecified atom stereocenters. The van der Waals surface area contributed by atoms with Gasteiger partial charge in [-0.3, -0.25) is 9.78 Å². The van der Waals surface area contributed by atoms with Crippen molar-refractivity contribution in [3.63, 3.8) is 0 Å². The van der Waals surface area contributed by atoms with Crippen LogP contribution in [0.15, 0.2) is 60.8 Å². The van der Waals surface area contributed by atoms with Gasteiger partial charge in [-0.15, -0.1) is 0 Å². The van der Waals surface area contributed by atoms with E-state index >= 15 is 0 Å². The van der Waals surface area contributed by atoms with Crippen LogP contribution in [0.3, 0.4) is 0 Å². The Kier molecular flexibility index (Phi) is 4.29. The number of nitrogens with one attached hydrogen (secondary N) is 2. The Morgan fingerprint density at radius 1 is 0.963 bits per heavy atom. The molecule has 27 heavy (non-hydrogen) atoms. The first-order valence-electron chi connectivity index (χ1n) is 8.15. The molecule has 7 nitrogen and oxygen atoms in total. The van der Waals surface area contributed by atoms with Crippen LogP contribution in [0.2, 0.25) is 0 Å². The summed E-state index contributed by atoms with van der Waals surface area (Å²) in [6.07, 6.45) is 1.56. The maximum atomic E-state index is 12.4. The van der Waals surface area contributed by atoms with Crippen LogP contribution >= 0.6 is 0 Å². The van der Waals surface area contributed by atoms with Crippen molar-refractivity contribution < 1.29 is 14.3 Å². The first kappa shape index (κ1) is 16.4. The number of pyridine rings is 1. The lowest BCUT2D eigenvalue weighted by molar-refractivity contribution is 0.102. The third-order valence-corrected chi connectivity index (χ3v) is 3.93. The zero-order chi connectivity index (χ0) is 18.6. The van der Waals surface area contributed by atoms with Crippen LogP contribution in [0.25, 0.3) is 0 Å². The van der Waals surface area contributed by atoms with Crippen molar-refractivity contribution in [2.75, 3.05) is 17.4 Å². The van der Waals surface area contributed by atoms with Crippen LogP contribution in [0.4, 0.5) is 17.1 Å². The number of ether oxygens (including phenoxy) is 2. The minimum Gasteiger partial charge on any atom is -0.454 e. The lowest BCUT2D eigenvalue weighted by Crippen LogP contribution is -2.13. The Balaban J connectivity index is 1.48. The van der Waals surface area contributed by atoms with E-state index in [1.54, 1.807) is 42.6 Å². The zero-order valence-corrected chi connectivity index (χ0v) is 14.1. The summed E-state index contributed by atoms with van der Waals surface area (Å²) >= 11 is 0. The quantitative estimate of drug-likeness (QED) is 0.738. The van der Waals surface area contributed by atoms with Gasteiger partial charge in [0.15, 0.2) is 11.5 Å². The van der Waals surface area contributed by atoms with Crippen LogP contribution in [0, 0.1) is 11.3 Å². The number of rotatable bonds is 4. The molecule has 1 aromatic heterocycles. The van der Waals surface area contributed by atoms with Gasteiger partial charge < -0.3 is 20.1 Å². The monoisotopic (exact) mass is 358 g/mol. The van der Waals surface area contributed by atoms with Gasteiger partial charge in [-0.05, 0) is 48.5 Å². The number of fused-ring (bicyclic) bond motifs is 1. The Morgan fingerprint density at radius 3 is 2.52 bits per heavy atom. The lowest BCUT2D eigenvalue weighted by Gasteiger charge is -2.09. The molecule has 7 heteroatoms. The summed E-state index contributed by atoms with van der Waals surface area (Å²) in [6.45, 7) is 0.216. The van der Waals surface area contributed by atoms with E-state index in [4.69, 9.17) is 14.7 Å². The summed E-state index contributed by atoms with van der Waals surface area (Å²) < 4.78 is 10.7. The van der Waals surface area contributed by atoms with Gasteiger partial charge in [0.25, 0.3) is 5.91 Å². The minimum atomic E-state index is -0.339. The molecule has 1 amide bonds. The molecular formula is C20H14N4O3. The van der Waals surface area contributed by atoms with Crippen LogP contribution in [0.5, 0.6) is 11.5 Å². The summed E-state index contributed by atoms with van der Waals surface area (Å²) in [6, 6.07) is 17.6. The van der Waals surface area contributed by atoms with Gasteiger partial charge in [-0.1, -0.05) is 0 Å². The molecule has 0 radical (unpaired) electrons. The van der Waals surface area contributed by atoms with Crippen LogP contribution in [0.1, 0.15) is 16.1 Å². The Labute approximate surface area is 155 Å². The molecule has 3 aromatic rings. The predicted molar refractivity (Wildman–Crippen MR) is 99.2 cm³/mol. The molecule has 2 aromatic carbocycles. The normalized spacial score (nSPS) is 11.5. The molecule has 1 aliphatic rings. The Bertz CT molecular complexity index is 1040. The van der Waals surface area contributed by atoms with E-state index in [0.717, 1.165) is 5.69 Å². The fourth-order valence-electron chi connectivity index (χ4n) is 2.60. The number of benzene rings is 2. The number of amides is 1. The van der Waals surface area contributed by atoms with Crippen molar-refractivity contribution in [3.05, 3.63) is 72.1 Å². The summed E-state index contributed by atoms with van der Waals surface area (Å²) in [5.74, 6) is 1.04. The van der Waals surface area contributed by atoms with Gasteiger partial charge in [0.2, 0.25) is 6.79 Å². The van der Waals surface area contributed by atoms with Crippen molar-refractivity contribution in [1.82, 2.24) is 4.98 Å². The molecule has 0 atom stereocenters. The highest BCUT2D eigenvalue weighted by Crippen LogP contribution is 2.35. The summed E-state index contributed by atoms with van der Waals surface area (Å²) in [5.41, 5.74) is 2.92. The minimum absolute atomic E-state index is 0.216. The second-order valence-corrected chi connectivity index (χ2v) is 5.77. The van der Waals surface area contributed by atoms with Crippen molar-refractivity contribution in [2.24, 2.45) is 0 Å². The second-order valence-electron chi connectivity index (χ2n) is 5.77. The van der Waals surface area contributed by atoms with E-state index in [1.807, 2.05) is 24.3 Å². The average Bonchev–Trinajstić information content (AvgIpc) is 3.16. The number of carbonyl (C=O) groups is 1. The molecule has 132 valence electrons. The molecule has 0 spiro atoms. The van der Waals surface area contributed by atoms with Crippen LogP contribution in [-0.2, 0) is 0 Å². The number of aromatic nitrogens is 1. The summed E-state index contributed by atoms with van der Waals surface area (Å²) in [4.78, 5) is 16.5. The zero-order valence-electron chi connectivity index (χ0n) is 14.1. The van der Waals surface area contributed by atoms with Crippen LogP contribution in [-0.4, -0.2) is 17.7 Å². The average molecular weight is 358 g/mol. The predicted octanol–water partition coefficient (Wildman–Crippen LogP) is 3.68. The first-order valence-corrected chi connectivity index (χ1v) is 8.15. The van der Waals surface area contributed by atoms with E-state index in [0.29, 0.717) is 28.4 Å². The van der Waals surface area contributed by atoms with Gasteiger partial charge in [0.05, 0.1) is 11.6 Å². The Morgan fingerprint density at radius 2 is 1.70 bits per heavy atom. The topological polar surface area (TPSA) is 96.3 Å².